The van der Waals surface area contributed by atoms with Crippen molar-refractivity contribution in [2.24, 2.45) is 0 Å². The summed E-state index contributed by atoms with van der Waals surface area (Å²) >= 11 is 0. The van der Waals surface area contributed by atoms with Crippen molar-refractivity contribution >= 4 is 0 Å². The van der Waals surface area contributed by atoms with Crippen molar-refractivity contribution in [3.8, 4) is 0 Å². The zero-order valence-corrected chi connectivity index (χ0v) is 10.3. The number of nitrogens with zero attached hydrogens (tertiary/aromatic N) is 3. The lowest BCUT2D eigenvalue weighted by atomic mass is 10.2. The maximum atomic E-state index is 4.28. The van der Waals surface area contributed by atoms with Gasteiger partial charge in [0.25, 0.3) is 0 Å². The molecule has 0 amide bonds. The normalized spacial score (nSPS) is 12.6. The van der Waals surface area contributed by atoms with Gasteiger partial charge in [-0.2, -0.15) is 5.10 Å². The van der Waals surface area contributed by atoms with Gasteiger partial charge in [0.1, 0.15) is 0 Å². The number of hydrogen-bond donors (Lipinski definition) is 1. The molecule has 1 N–H and O–H groups in total. The van der Waals surface area contributed by atoms with Gasteiger partial charge in [0.15, 0.2) is 0 Å². The van der Waals surface area contributed by atoms with Gasteiger partial charge in [-0.25, -0.2) is 0 Å². The first kappa shape index (κ1) is 11.8. The predicted octanol–water partition coefficient (Wildman–Crippen LogP) is 1.76. The van der Waals surface area contributed by atoms with Crippen LogP contribution in [0.3, 0.4) is 0 Å². The van der Waals surface area contributed by atoms with Gasteiger partial charge in [0.2, 0.25) is 0 Å². The van der Waals surface area contributed by atoms with Crippen LogP contribution in [0.2, 0.25) is 0 Å². The average Bonchev–Trinajstić information content (AvgIpc) is 2.73. The van der Waals surface area contributed by atoms with Crippen LogP contribution in [0, 0.1) is 6.92 Å². The first-order valence-corrected chi connectivity index (χ1v) is 5.85. The molecule has 0 spiro atoms. The van der Waals surface area contributed by atoms with Gasteiger partial charge in [0, 0.05) is 31.2 Å². The van der Waals surface area contributed by atoms with Crippen molar-refractivity contribution in [3.05, 3.63) is 48.0 Å². The minimum Gasteiger partial charge on any atom is -0.308 e. The minimum absolute atomic E-state index is 0.384. The van der Waals surface area contributed by atoms with E-state index < -0.39 is 0 Å². The molecule has 2 aromatic rings. The quantitative estimate of drug-likeness (QED) is 0.851. The van der Waals surface area contributed by atoms with Crippen LogP contribution >= 0.6 is 0 Å². The number of pyridine rings is 1. The molecule has 1 atom stereocenters. The highest BCUT2D eigenvalue weighted by Crippen LogP contribution is 1.99. The average molecular weight is 230 g/mol. The van der Waals surface area contributed by atoms with Crippen molar-refractivity contribution in [2.45, 2.75) is 33.0 Å². The van der Waals surface area contributed by atoms with Crippen LogP contribution < -0.4 is 5.32 Å². The largest absolute Gasteiger partial charge is 0.308 e. The van der Waals surface area contributed by atoms with Crippen molar-refractivity contribution in [2.75, 3.05) is 0 Å². The lowest BCUT2D eigenvalue weighted by Gasteiger charge is -2.13. The van der Waals surface area contributed by atoms with Crippen LogP contribution in [0.4, 0.5) is 0 Å². The van der Waals surface area contributed by atoms with E-state index in [1.807, 2.05) is 23.1 Å². The van der Waals surface area contributed by atoms with Gasteiger partial charge < -0.3 is 5.32 Å². The Labute approximate surface area is 102 Å². The Hall–Kier alpha value is -1.68. The van der Waals surface area contributed by atoms with Gasteiger partial charge in [-0.15, -0.1) is 0 Å². The predicted molar refractivity (Wildman–Crippen MR) is 67.5 cm³/mol. The monoisotopic (exact) mass is 230 g/mol. The Morgan fingerprint density at radius 1 is 1.41 bits per heavy atom. The summed E-state index contributed by atoms with van der Waals surface area (Å²) in [4.78, 5) is 4.09. The molecular weight excluding hydrogens is 212 g/mol. The van der Waals surface area contributed by atoms with Gasteiger partial charge >= 0.3 is 0 Å². The maximum absolute atomic E-state index is 4.28. The Morgan fingerprint density at radius 2 is 2.29 bits per heavy atom. The second-order valence-electron chi connectivity index (χ2n) is 4.38. The second-order valence-corrected chi connectivity index (χ2v) is 4.38. The fourth-order valence-corrected chi connectivity index (χ4v) is 1.71. The summed E-state index contributed by atoms with van der Waals surface area (Å²) in [5.41, 5.74) is 2.40. The van der Waals surface area contributed by atoms with E-state index in [0.29, 0.717) is 6.04 Å². The fraction of sp³-hybridized carbons (Fsp3) is 0.385. The zero-order valence-electron chi connectivity index (χ0n) is 10.3. The van der Waals surface area contributed by atoms with Crippen LogP contribution in [-0.4, -0.2) is 20.8 Å². The molecule has 0 aliphatic heterocycles. The summed E-state index contributed by atoms with van der Waals surface area (Å²) in [7, 11) is 0. The SMILES string of the molecule is Cc1cnn(C[C@@H](C)NCc2cccnc2)c1. The molecule has 90 valence electrons. The standard InChI is InChI=1S/C13H18N4/c1-11-6-16-17(9-11)10-12(2)15-8-13-4-3-5-14-7-13/h3-7,9,12,15H,8,10H2,1-2H3/t12-/m1/s1. The first-order chi connectivity index (χ1) is 8.24. The molecule has 4 nitrogen and oxygen atoms in total. The summed E-state index contributed by atoms with van der Waals surface area (Å²) in [5, 5.41) is 7.73. The topological polar surface area (TPSA) is 42.7 Å². The lowest BCUT2D eigenvalue weighted by molar-refractivity contribution is 0.450. The van der Waals surface area contributed by atoms with E-state index in [4.69, 9.17) is 0 Å². The lowest BCUT2D eigenvalue weighted by Crippen LogP contribution is -2.30. The van der Waals surface area contributed by atoms with E-state index in [1.165, 1.54) is 11.1 Å². The molecule has 2 heterocycles. The molecule has 0 saturated carbocycles. The molecule has 0 bridgehead atoms. The van der Waals surface area contributed by atoms with E-state index in [0.717, 1.165) is 13.1 Å². The molecular formula is C13H18N4. The highest BCUT2D eigenvalue weighted by molar-refractivity contribution is 5.08. The fourth-order valence-electron chi connectivity index (χ4n) is 1.71. The second kappa shape index (κ2) is 5.59. The van der Waals surface area contributed by atoms with Crippen LogP contribution in [0.15, 0.2) is 36.9 Å². The van der Waals surface area contributed by atoms with Gasteiger partial charge in [-0.3, -0.25) is 9.67 Å². The molecule has 2 rings (SSSR count). The van der Waals surface area contributed by atoms with E-state index in [9.17, 15) is 0 Å². The van der Waals surface area contributed by atoms with E-state index in [2.05, 4.69) is 41.5 Å². The van der Waals surface area contributed by atoms with E-state index in [1.54, 1.807) is 6.20 Å². The van der Waals surface area contributed by atoms with E-state index in [-0.39, 0.29) is 0 Å². The molecule has 0 saturated heterocycles. The Morgan fingerprint density at radius 3 is 2.94 bits per heavy atom. The van der Waals surface area contributed by atoms with Gasteiger partial charge in [-0.1, -0.05) is 6.07 Å². The molecule has 2 aromatic heterocycles. The van der Waals surface area contributed by atoms with E-state index >= 15 is 0 Å². The Bertz CT molecular complexity index is 449. The van der Waals surface area contributed by atoms with Crippen LogP contribution in [-0.2, 0) is 13.1 Å². The van der Waals surface area contributed by atoms with Crippen molar-refractivity contribution in [1.82, 2.24) is 20.1 Å². The van der Waals surface area contributed by atoms with Crippen LogP contribution in [0.5, 0.6) is 0 Å². The highest BCUT2D eigenvalue weighted by Gasteiger charge is 2.03. The van der Waals surface area contributed by atoms with Gasteiger partial charge in [-0.05, 0) is 31.0 Å². The molecule has 0 aliphatic rings. The molecule has 0 aliphatic carbocycles. The number of hydrogen-bond acceptors (Lipinski definition) is 3. The first-order valence-electron chi connectivity index (χ1n) is 5.85. The molecule has 0 radical (unpaired) electrons. The zero-order chi connectivity index (χ0) is 12.1. The summed E-state index contributed by atoms with van der Waals surface area (Å²) in [5.74, 6) is 0. The summed E-state index contributed by atoms with van der Waals surface area (Å²) in [6, 6.07) is 4.41. The number of nitrogens with one attached hydrogen (secondary N) is 1. The summed E-state index contributed by atoms with van der Waals surface area (Å²) < 4.78 is 1.97. The molecule has 17 heavy (non-hydrogen) atoms. The smallest absolute Gasteiger partial charge is 0.0560 e. The molecule has 0 unspecified atom stereocenters. The number of aromatic nitrogens is 3. The summed E-state index contributed by atoms with van der Waals surface area (Å²) in [6.07, 6.45) is 7.62. The molecule has 0 aromatic carbocycles. The molecule has 4 heteroatoms. The maximum Gasteiger partial charge on any atom is 0.0560 e. The van der Waals surface area contributed by atoms with Crippen molar-refractivity contribution < 1.29 is 0 Å². The molecule has 0 fully saturated rings. The Kier molecular flexibility index (Phi) is 3.88. The number of rotatable bonds is 5. The third-order valence-corrected chi connectivity index (χ3v) is 2.60. The summed E-state index contributed by atoms with van der Waals surface area (Å²) in [6.45, 7) is 5.94. The van der Waals surface area contributed by atoms with Crippen LogP contribution in [0.25, 0.3) is 0 Å². The third kappa shape index (κ3) is 3.67. The van der Waals surface area contributed by atoms with Crippen LogP contribution in [0.1, 0.15) is 18.1 Å². The van der Waals surface area contributed by atoms with Gasteiger partial charge in [0.05, 0.1) is 12.7 Å². The minimum atomic E-state index is 0.384. The van der Waals surface area contributed by atoms with Crippen molar-refractivity contribution in [3.63, 3.8) is 0 Å². The van der Waals surface area contributed by atoms with Crippen molar-refractivity contribution in [1.29, 1.82) is 0 Å². The number of aryl methyl sites for hydroxylation is 1. The Balaban J connectivity index is 1.80. The third-order valence-electron chi connectivity index (χ3n) is 2.60. The highest BCUT2D eigenvalue weighted by atomic mass is 15.3.